The van der Waals surface area contributed by atoms with Crippen molar-refractivity contribution in [2.24, 2.45) is 5.41 Å². The van der Waals surface area contributed by atoms with Gasteiger partial charge in [-0.15, -0.1) is 0 Å². The van der Waals surface area contributed by atoms with E-state index in [0.717, 1.165) is 63.5 Å². The highest BCUT2D eigenvalue weighted by molar-refractivity contribution is 5.83. The van der Waals surface area contributed by atoms with Crippen LogP contribution in [0.15, 0.2) is 10.6 Å². The van der Waals surface area contributed by atoms with E-state index in [-0.39, 0.29) is 5.91 Å². The third kappa shape index (κ3) is 5.09. The molecule has 152 valence electrons. The van der Waals surface area contributed by atoms with Crippen LogP contribution < -0.4 is 10.6 Å². The van der Waals surface area contributed by atoms with Crippen molar-refractivity contribution in [2.75, 3.05) is 52.5 Å². The Morgan fingerprint density at radius 1 is 1.44 bits per heavy atom. The zero-order valence-electron chi connectivity index (χ0n) is 16.8. The Hall–Kier alpha value is -1.44. The van der Waals surface area contributed by atoms with Crippen LogP contribution in [0, 0.1) is 5.41 Å². The average Bonchev–Trinajstić information content (AvgIpc) is 3.37. The lowest BCUT2D eigenvalue weighted by atomic mass is 9.76. The van der Waals surface area contributed by atoms with Crippen molar-refractivity contribution in [3.8, 4) is 0 Å². The van der Waals surface area contributed by atoms with E-state index in [1.165, 1.54) is 0 Å². The summed E-state index contributed by atoms with van der Waals surface area (Å²) in [5.41, 5.74) is 0.508. The summed E-state index contributed by atoms with van der Waals surface area (Å²) in [5.74, 6) is 1.26. The van der Waals surface area contributed by atoms with Gasteiger partial charge in [-0.2, -0.15) is 0 Å². The minimum absolute atomic E-state index is 0.129. The van der Waals surface area contributed by atoms with Crippen LogP contribution in [0.5, 0.6) is 0 Å². The van der Waals surface area contributed by atoms with Crippen LogP contribution in [0.2, 0.25) is 0 Å². The summed E-state index contributed by atoms with van der Waals surface area (Å²) >= 11 is 0. The van der Waals surface area contributed by atoms with Crippen LogP contribution in [0.1, 0.15) is 50.5 Å². The number of amides is 1. The maximum atomic E-state index is 13.1. The quantitative estimate of drug-likeness (QED) is 0.679. The van der Waals surface area contributed by atoms with Gasteiger partial charge in [-0.3, -0.25) is 4.79 Å². The normalized spacial score (nSPS) is 25.8. The first-order valence-electron chi connectivity index (χ1n) is 10.4. The van der Waals surface area contributed by atoms with Gasteiger partial charge in [0.1, 0.15) is 5.76 Å². The number of hydrogen-bond donors (Lipinski definition) is 2. The van der Waals surface area contributed by atoms with Crippen molar-refractivity contribution < 1.29 is 14.1 Å². The maximum Gasteiger partial charge on any atom is 0.228 e. The van der Waals surface area contributed by atoms with Gasteiger partial charge in [0.2, 0.25) is 5.91 Å². The van der Waals surface area contributed by atoms with E-state index < -0.39 is 5.41 Å². The second-order valence-corrected chi connectivity index (χ2v) is 7.80. The molecular weight excluding hydrogens is 344 g/mol. The lowest BCUT2D eigenvalue weighted by molar-refractivity contribution is -0.132. The number of likely N-dealkylation sites (N-methyl/N-ethyl adjacent to an activating group) is 1. The smallest absolute Gasteiger partial charge is 0.228 e. The van der Waals surface area contributed by atoms with Gasteiger partial charge in [-0.1, -0.05) is 19.0 Å². The number of ether oxygens (including phenoxy) is 1. The number of rotatable bonds is 9. The van der Waals surface area contributed by atoms with Gasteiger partial charge in [0, 0.05) is 44.6 Å². The molecule has 1 aromatic rings. The molecule has 3 rings (SSSR count). The molecule has 2 saturated heterocycles. The van der Waals surface area contributed by atoms with Crippen LogP contribution >= 0.6 is 0 Å². The number of aromatic nitrogens is 1. The third-order valence-electron chi connectivity index (χ3n) is 6.00. The molecule has 2 atom stereocenters. The molecule has 27 heavy (non-hydrogen) atoms. The lowest BCUT2D eigenvalue weighted by Crippen LogP contribution is -2.52. The van der Waals surface area contributed by atoms with Gasteiger partial charge in [0.25, 0.3) is 0 Å². The number of carbonyl (C=O) groups excluding carboxylic acids is 1. The van der Waals surface area contributed by atoms with Crippen LogP contribution in [0.3, 0.4) is 0 Å². The molecule has 0 aliphatic carbocycles. The molecule has 3 heterocycles. The zero-order valence-corrected chi connectivity index (χ0v) is 16.8. The fourth-order valence-corrected chi connectivity index (χ4v) is 4.15. The number of hydrogen-bond acceptors (Lipinski definition) is 6. The Balaban J connectivity index is 1.62. The molecule has 0 aromatic carbocycles. The van der Waals surface area contributed by atoms with E-state index in [1.807, 2.05) is 6.07 Å². The SMILES string of the molecule is CCN(CC)CCNC(=O)[C@]1(Cc2cc([C@H]3CCOC3)no2)CCCNC1. The highest BCUT2D eigenvalue weighted by Gasteiger charge is 2.41. The molecule has 0 unspecified atom stereocenters. The molecule has 2 N–H and O–H groups in total. The topological polar surface area (TPSA) is 79.6 Å². The van der Waals surface area contributed by atoms with Crippen molar-refractivity contribution >= 4 is 5.91 Å². The largest absolute Gasteiger partial charge is 0.381 e. The number of carbonyl (C=O) groups is 1. The summed E-state index contributed by atoms with van der Waals surface area (Å²) in [6.45, 7) is 11.0. The predicted octanol–water partition coefficient (Wildman–Crippen LogP) is 1.55. The first kappa shape index (κ1) is 20.3. The van der Waals surface area contributed by atoms with Gasteiger partial charge in [-0.05, 0) is 38.9 Å². The van der Waals surface area contributed by atoms with Gasteiger partial charge < -0.3 is 24.8 Å². The molecule has 7 nitrogen and oxygen atoms in total. The first-order chi connectivity index (χ1) is 13.2. The second kappa shape index (κ2) is 9.66. The molecule has 0 bridgehead atoms. The Labute approximate surface area is 162 Å². The minimum atomic E-state index is -0.454. The standard InChI is InChI=1S/C20H34N4O3/c1-3-24(4-2)10-9-22-19(25)20(7-5-8-21-15-20)13-17-12-18(23-27-17)16-6-11-26-14-16/h12,16,21H,3-11,13-15H2,1-2H3,(H,22,25)/t16-,20-/m0/s1. The van der Waals surface area contributed by atoms with E-state index in [4.69, 9.17) is 9.26 Å². The molecule has 0 saturated carbocycles. The maximum absolute atomic E-state index is 13.1. The summed E-state index contributed by atoms with van der Waals surface area (Å²) in [5, 5.41) is 10.8. The summed E-state index contributed by atoms with van der Waals surface area (Å²) in [4.78, 5) is 15.4. The molecular formula is C20H34N4O3. The molecule has 0 radical (unpaired) electrons. The van der Waals surface area contributed by atoms with Gasteiger partial charge in [0.15, 0.2) is 0 Å². The van der Waals surface area contributed by atoms with Crippen LogP contribution in [0.25, 0.3) is 0 Å². The fraction of sp³-hybridized carbons (Fsp3) is 0.800. The third-order valence-corrected chi connectivity index (χ3v) is 6.00. The van der Waals surface area contributed by atoms with Crippen LogP contribution in [-0.4, -0.2) is 68.4 Å². The lowest BCUT2D eigenvalue weighted by Gasteiger charge is -2.35. The summed E-state index contributed by atoms with van der Waals surface area (Å²) in [6.07, 6.45) is 3.46. The van der Waals surface area contributed by atoms with Crippen molar-refractivity contribution in [3.05, 3.63) is 17.5 Å². The molecule has 2 fully saturated rings. The second-order valence-electron chi connectivity index (χ2n) is 7.80. The predicted molar refractivity (Wildman–Crippen MR) is 104 cm³/mol. The van der Waals surface area contributed by atoms with E-state index >= 15 is 0 Å². The first-order valence-corrected chi connectivity index (χ1v) is 10.4. The molecule has 1 amide bonds. The highest BCUT2D eigenvalue weighted by atomic mass is 16.5. The van der Waals surface area contributed by atoms with Crippen molar-refractivity contribution in [1.29, 1.82) is 0 Å². The van der Waals surface area contributed by atoms with Crippen molar-refractivity contribution in [1.82, 2.24) is 20.7 Å². The molecule has 2 aliphatic heterocycles. The van der Waals surface area contributed by atoms with Gasteiger partial charge >= 0.3 is 0 Å². The Morgan fingerprint density at radius 2 is 2.30 bits per heavy atom. The van der Waals surface area contributed by atoms with Crippen molar-refractivity contribution in [2.45, 2.75) is 45.4 Å². The Morgan fingerprint density at radius 3 is 2.96 bits per heavy atom. The minimum Gasteiger partial charge on any atom is -0.381 e. The number of piperidine rings is 1. The number of nitrogens with one attached hydrogen (secondary N) is 2. The summed E-state index contributed by atoms with van der Waals surface area (Å²) in [6, 6.07) is 2.03. The van der Waals surface area contributed by atoms with E-state index in [1.54, 1.807) is 0 Å². The summed E-state index contributed by atoms with van der Waals surface area (Å²) in [7, 11) is 0. The van der Waals surface area contributed by atoms with E-state index in [9.17, 15) is 4.79 Å². The van der Waals surface area contributed by atoms with E-state index in [0.29, 0.717) is 32.0 Å². The van der Waals surface area contributed by atoms with Gasteiger partial charge in [-0.25, -0.2) is 0 Å². The average molecular weight is 379 g/mol. The molecule has 1 aromatic heterocycles. The highest BCUT2D eigenvalue weighted by Crippen LogP contribution is 2.33. The fourth-order valence-electron chi connectivity index (χ4n) is 4.15. The van der Waals surface area contributed by atoms with Crippen LogP contribution in [0.4, 0.5) is 0 Å². The van der Waals surface area contributed by atoms with Crippen LogP contribution in [-0.2, 0) is 16.0 Å². The summed E-state index contributed by atoms with van der Waals surface area (Å²) < 4.78 is 11.1. The Kier molecular flexibility index (Phi) is 7.26. The zero-order chi connectivity index (χ0) is 19.1. The monoisotopic (exact) mass is 378 g/mol. The molecule has 7 heteroatoms. The van der Waals surface area contributed by atoms with Gasteiger partial charge in [0.05, 0.1) is 17.7 Å². The Bertz CT molecular complexity index is 588. The van der Waals surface area contributed by atoms with E-state index in [2.05, 4.69) is 34.5 Å². The molecule has 0 spiro atoms. The molecule has 2 aliphatic rings. The number of nitrogens with zero attached hydrogens (tertiary/aromatic N) is 2. The van der Waals surface area contributed by atoms with Crippen molar-refractivity contribution in [3.63, 3.8) is 0 Å².